The van der Waals surface area contributed by atoms with Crippen molar-refractivity contribution in [3.8, 4) is 5.75 Å². The first-order chi connectivity index (χ1) is 26.7. The molecule has 1 atom stereocenters. The van der Waals surface area contributed by atoms with E-state index in [1.807, 2.05) is 23.2 Å². The molecule has 0 bridgehead atoms. The summed E-state index contributed by atoms with van der Waals surface area (Å²) in [6, 6.07) is 20.8. The van der Waals surface area contributed by atoms with E-state index in [1.54, 1.807) is 53.6 Å². The van der Waals surface area contributed by atoms with E-state index in [0.717, 1.165) is 74.1 Å². The molecule has 5 aliphatic rings. The Hall–Kier alpha value is -6.14. The third kappa shape index (κ3) is 6.16. The summed E-state index contributed by atoms with van der Waals surface area (Å²) in [5.41, 5.74) is 6.76. The van der Waals surface area contributed by atoms with Crippen molar-refractivity contribution in [3.63, 3.8) is 0 Å². The summed E-state index contributed by atoms with van der Waals surface area (Å²) in [5, 5.41) is 30.4. The lowest BCUT2D eigenvalue weighted by Crippen LogP contribution is -2.53. The fourth-order valence-electron chi connectivity index (χ4n) is 9.06. The largest absolute Gasteiger partial charge is 0.507 e. The highest BCUT2D eigenvalue weighted by Crippen LogP contribution is 2.43. The van der Waals surface area contributed by atoms with Crippen LogP contribution in [0.1, 0.15) is 65.9 Å². The van der Waals surface area contributed by atoms with Crippen molar-refractivity contribution >= 4 is 57.1 Å². The Labute approximate surface area is 318 Å². The lowest BCUT2D eigenvalue weighted by Gasteiger charge is -2.42. The number of benzene rings is 3. The number of allylic oxidation sites excluding steroid dienone is 2. The molecule has 55 heavy (non-hydrogen) atoms. The highest BCUT2D eigenvalue weighted by molar-refractivity contribution is 6.28. The molecule has 12 nitrogen and oxygen atoms in total. The molecule has 4 aromatic rings. The number of carbonyl (C=O) groups is 3. The van der Waals surface area contributed by atoms with Crippen LogP contribution in [0.3, 0.4) is 0 Å². The molecule has 0 aliphatic carbocycles. The summed E-state index contributed by atoms with van der Waals surface area (Å²) in [6.45, 7) is 3.88. The van der Waals surface area contributed by atoms with E-state index in [4.69, 9.17) is 15.8 Å². The summed E-state index contributed by atoms with van der Waals surface area (Å²) in [6.07, 6.45) is 11.7. The molecule has 9 rings (SSSR count). The number of hydrogen-bond donors (Lipinski definition) is 4. The standard InChI is InChI=1S/C43H42N8O4/c44-32-18-24-50(37(32)25-33(45)30-3-1-2-4-38(30)52)29-7-5-26(6-8-29)27-14-20-48(21-15-27)28-16-22-49(23-17-28)35-10-9-31-40-34(13-19-46-41(35)40)51(43(31)55)36-11-12-39(53)47-42(36)54/h1-10,13,18-19,24-25,27-28,36,44-45,52H,11-12,14-17,20-23H2,(H,47,53,54)/b37-25+,44-32?,45-33?. The highest BCUT2D eigenvalue weighted by Gasteiger charge is 2.41. The molecule has 5 aliphatic heterocycles. The average Bonchev–Trinajstić information content (AvgIpc) is 3.71. The Bertz CT molecular complexity index is 2320. The highest BCUT2D eigenvalue weighted by atomic mass is 16.3. The second-order valence-electron chi connectivity index (χ2n) is 15.0. The number of carbonyl (C=O) groups excluding carboxylic acids is 3. The number of nitrogens with zero attached hydrogens (tertiary/aromatic N) is 5. The fourth-order valence-corrected chi connectivity index (χ4v) is 9.06. The number of likely N-dealkylation sites (tertiary alicyclic amines) is 1. The monoisotopic (exact) mass is 734 g/mol. The van der Waals surface area contributed by atoms with Crippen molar-refractivity contribution in [2.45, 2.75) is 56.5 Å². The maximum atomic E-state index is 13.6. The van der Waals surface area contributed by atoms with Crippen molar-refractivity contribution in [3.05, 3.63) is 114 Å². The van der Waals surface area contributed by atoms with Crippen LogP contribution in [-0.4, -0.2) is 82.4 Å². The predicted molar refractivity (Wildman–Crippen MR) is 212 cm³/mol. The zero-order valence-electron chi connectivity index (χ0n) is 30.4. The second kappa shape index (κ2) is 13.9. The minimum absolute atomic E-state index is 0.0440. The molecule has 0 radical (unpaired) electrons. The maximum absolute atomic E-state index is 13.6. The number of rotatable bonds is 7. The smallest absolute Gasteiger partial charge is 0.259 e. The van der Waals surface area contributed by atoms with Crippen molar-refractivity contribution < 1.29 is 19.5 Å². The topological polar surface area (TPSA) is 157 Å². The molecule has 3 saturated heterocycles. The molecule has 4 N–H and O–H groups in total. The van der Waals surface area contributed by atoms with Gasteiger partial charge in [-0.3, -0.25) is 35.0 Å². The lowest BCUT2D eigenvalue weighted by atomic mass is 9.88. The van der Waals surface area contributed by atoms with E-state index in [-0.39, 0.29) is 29.7 Å². The number of aromatic nitrogens is 1. The summed E-state index contributed by atoms with van der Waals surface area (Å²) in [5.74, 6) is -0.437. The van der Waals surface area contributed by atoms with Crippen LogP contribution in [0.5, 0.6) is 5.75 Å². The van der Waals surface area contributed by atoms with E-state index < -0.39 is 11.9 Å². The van der Waals surface area contributed by atoms with Gasteiger partial charge in [-0.05, 0) is 111 Å². The van der Waals surface area contributed by atoms with Gasteiger partial charge in [0.1, 0.15) is 11.8 Å². The lowest BCUT2D eigenvalue weighted by molar-refractivity contribution is -0.134. The third-order valence-corrected chi connectivity index (χ3v) is 12.0. The van der Waals surface area contributed by atoms with Gasteiger partial charge in [0.15, 0.2) is 0 Å². The summed E-state index contributed by atoms with van der Waals surface area (Å²) >= 11 is 0. The number of pyridine rings is 1. The number of nitrogens with one attached hydrogen (secondary N) is 3. The number of anilines is 3. The Kier molecular flexibility index (Phi) is 8.77. The first-order valence-corrected chi connectivity index (χ1v) is 19.1. The molecule has 3 amide bonds. The number of aromatic hydroxyl groups is 1. The molecule has 1 aromatic heterocycles. The number of amides is 3. The van der Waals surface area contributed by atoms with Crippen molar-refractivity contribution in [1.82, 2.24) is 15.2 Å². The van der Waals surface area contributed by atoms with E-state index in [9.17, 15) is 19.5 Å². The number of para-hydroxylation sites is 1. The van der Waals surface area contributed by atoms with Gasteiger partial charge in [-0.15, -0.1) is 0 Å². The van der Waals surface area contributed by atoms with E-state index in [2.05, 4.69) is 39.4 Å². The van der Waals surface area contributed by atoms with Gasteiger partial charge in [0.25, 0.3) is 5.91 Å². The van der Waals surface area contributed by atoms with Gasteiger partial charge in [-0.2, -0.15) is 0 Å². The Balaban J connectivity index is 0.821. The minimum atomic E-state index is -0.717. The van der Waals surface area contributed by atoms with Crippen LogP contribution in [0.15, 0.2) is 97.0 Å². The molecule has 6 heterocycles. The quantitative estimate of drug-likeness (QED) is 0.136. The van der Waals surface area contributed by atoms with Gasteiger partial charge in [-0.1, -0.05) is 24.3 Å². The predicted octanol–water partition coefficient (Wildman–Crippen LogP) is 5.86. The van der Waals surface area contributed by atoms with Crippen molar-refractivity contribution in [2.75, 3.05) is 40.9 Å². The SMILES string of the molecule is N=C1C=CN(c2ccc(C3CCN(C4CCN(c5ccc6c7c(ccnc57)N(C5CCC(=O)NC5=O)C6=O)CC4)CC3)cc2)/C1=C/C(=N)c1ccccc1O. The van der Waals surface area contributed by atoms with Gasteiger partial charge in [0, 0.05) is 54.6 Å². The van der Waals surface area contributed by atoms with Crippen LogP contribution in [0.25, 0.3) is 10.9 Å². The summed E-state index contributed by atoms with van der Waals surface area (Å²) < 4.78 is 0. The second-order valence-corrected chi connectivity index (χ2v) is 15.0. The van der Waals surface area contributed by atoms with Crippen LogP contribution in [0.2, 0.25) is 0 Å². The zero-order chi connectivity index (χ0) is 37.8. The average molecular weight is 735 g/mol. The maximum Gasteiger partial charge on any atom is 0.259 e. The molecule has 12 heteroatoms. The Morgan fingerprint density at radius 2 is 1.64 bits per heavy atom. The van der Waals surface area contributed by atoms with Gasteiger partial charge >= 0.3 is 0 Å². The normalized spacial score (nSPS) is 21.7. The Morgan fingerprint density at radius 3 is 2.38 bits per heavy atom. The van der Waals surface area contributed by atoms with Crippen molar-refractivity contribution in [2.24, 2.45) is 0 Å². The molecule has 1 unspecified atom stereocenters. The van der Waals surface area contributed by atoms with Crippen LogP contribution in [-0.2, 0) is 9.59 Å². The number of hydrogen-bond acceptors (Lipinski definition) is 10. The summed E-state index contributed by atoms with van der Waals surface area (Å²) in [4.78, 5) is 51.4. The molecular formula is C43H42N8O4. The van der Waals surface area contributed by atoms with E-state index in [1.165, 1.54) is 5.56 Å². The summed E-state index contributed by atoms with van der Waals surface area (Å²) in [7, 11) is 0. The van der Waals surface area contributed by atoms with E-state index >= 15 is 0 Å². The third-order valence-electron chi connectivity index (χ3n) is 12.0. The molecule has 0 spiro atoms. The van der Waals surface area contributed by atoms with Gasteiger partial charge < -0.3 is 25.2 Å². The number of piperidine rings is 3. The number of phenolic OH excluding ortho intramolecular Hbond substituents is 1. The molecule has 3 fully saturated rings. The molecule has 0 saturated carbocycles. The molecule has 278 valence electrons. The van der Waals surface area contributed by atoms with Crippen LogP contribution >= 0.6 is 0 Å². The van der Waals surface area contributed by atoms with Gasteiger partial charge in [-0.25, -0.2) is 0 Å². The van der Waals surface area contributed by atoms with Gasteiger partial charge in [0.05, 0.1) is 39.6 Å². The van der Waals surface area contributed by atoms with Crippen LogP contribution in [0.4, 0.5) is 17.1 Å². The van der Waals surface area contributed by atoms with Gasteiger partial charge in [0.2, 0.25) is 11.8 Å². The van der Waals surface area contributed by atoms with Crippen LogP contribution < -0.4 is 20.0 Å². The minimum Gasteiger partial charge on any atom is -0.507 e. The van der Waals surface area contributed by atoms with Crippen LogP contribution in [0, 0.1) is 10.8 Å². The molecule has 3 aromatic carbocycles. The number of imide groups is 1. The Morgan fingerprint density at radius 1 is 0.873 bits per heavy atom. The first kappa shape index (κ1) is 34.6. The number of phenols is 1. The molecular weight excluding hydrogens is 693 g/mol. The fraction of sp³-hybridized carbons (Fsp3) is 0.302. The first-order valence-electron chi connectivity index (χ1n) is 19.1. The van der Waals surface area contributed by atoms with E-state index in [0.29, 0.717) is 46.6 Å². The van der Waals surface area contributed by atoms with Crippen molar-refractivity contribution in [1.29, 1.82) is 10.8 Å². The zero-order valence-corrected chi connectivity index (χ0v) is 30.4.